The number of carboxylic acid groups (broad SMARTS) is 1. The number of carbonyl (C=O) groups excluding carboxylic acids is 1. The highest BCUT2D eigenvalue weighted by Gasteiger charge is 2.17. The van der Waals surface area contributed by atoms with Crippen molar-refractivity contribution in [3.05, 3.63) is 23.8 Å². The normalized spacial score (nSPS) is 11.9. The number of unbranched alkanes of at least 4 members (excludes halogenated alkanes) is 1. The molecular formula is C14H19NO4. The number of aromatic hydroxyl groups is 1. The van der Waals surface area contributed by atoms with Crippen molar-refractivity contribution in [2.75, 3.05) is 5.32 Å². The molecule has 1 amide bonds. The lowest BCUT2D eigenvalue weighted by atomic mass is 10.0. The molecule has 5 nitrogen and oxygen atoms in total. The summed E-state index contributed by atoms with van der Waals surface area (Å²) in [6.07, 6.45) is 2.73. The number of hydrogen-bond donors (Lipinski definition) is 3. The first kappa shape index (κ1) is 15.0. The van der Waals surface area contributed by atoms with Crippen LogP contribution in [0.15, 0.2) is 18.2 Å². The van der Waals surface area contributed by atoms with Gasteiger partial charge < -0.3 is 15.5 Å². The summed E-state index contributed by atoms with van der Waals surface area (Å²) in [4.78, 5) is 22.9. The molecule has 5 heteroatoms. The van der Waals surface area contributed by atoms with Gasteiger partial charge in [-0.05, 0) is 24.6 Å². The third-order valence-corrected chi connectivity index (χ3v) is 2.93. The van der Waals surface area contributed by atoms with Gasteiger partial charge in [0.1, 0.15) is 5.75 Å². The van der Waals surface area contributed by atoms with Gasteiger partial charge in [-0.1, -0.05) is 26.7 Å². The maximum absolute atomic E-state index is 11.9. The fourth-order valence-electron chi connectivity index (χ4n) is 1.72. The highest BCUT2D eigenvalue weighted by atomic mass is 16.4. The average molecular weight is 265 g/mol. The molecular weight excluding hydrogens is 246 g/mol. The smallest absolute Gasteiger partial charge is 0.337 e. The standard InChI is InChI=1S/C14H19NO4/c1-3-4-5-9(2)13(17)15-12-7-6-10(16)8-11(12)14(18)19/h6-9,16H,3-5H2,1-2H3,(H,15,17)(H,18,19). The number of amides is 1. The molecule has 104 valence electrons. The van der Waals surface area contributed by atoms with Crippen LogP contribution in [0, 0.1) is 5.92 Å². The molecule has 0 bridgehead atoms. The monoisotopic (exact) mass is 265 g/mol. The lowest BCUT2D eigenvalue weighted by molar-refractivity contribution is -0.119. The maximum Gasteiger partial charge on any atom is 0.337 e. The van der Waals surface area contributed by atoms with Crippen LogP contribution in [0.3, 0.4) is 0 Å². The predicted molar refractivity (Wildman–Crippen MR) is 72.4 cm³/mol. The Balaban J connectivity index is 2.81. The van der Waals surface area contributed by atoms with Crippen LogP contribution in [-0.2, 0) is 4.79 Å². The number of hydrogen-bond acceptors (Lipinski definition) is 3. The Hall–Kier alpha value is -2.04. The predicted octanol–water partition coefficient (Wildman–Crippen LogP) is 2.86. The number of anilines is 1. The Morgan fingerprint density at radius 3 is 2.63 bits per heavy atom. The highest BCUT2D eigenvalue weighted by Crippen LogP contribution is 2.22. The lowest BCUT2D eigenvalue weighted by Crippen LogP contribution is -2.21. The average Bonchev–Trinajstić information content (AvgIpc) is 2.37. The van der Waals surface area contributed by atoms with Crippen LogP contribution in [0.25, 0.3) is 0 Å². The Bertz CT molecular complexity index is 471. The van der Waals surface area contributed by atoms with E-state index < -0.39 is 5.97 Å². The van der Waals surface area contributed by atoms with Gasteiger partial charge in [0.25, 0.3) is 0 Å². The van der Waals surface area contributed by atoms with Crippen molar-refractivity contribution >= 4 is 17.6 Å². The lowest BCUT2D eigenvalue weighted by Gasteiger charge is -2.13. The molecule has 0 heterocycles. The molecule has 1 unspecified atom stereocenters. The van der Waals surface area contributed by atoms with Gasteiger partial charge in [-0.15, -0.1) is 0 Å². The molecule has 0 aliphatic rings. The molecule has 0 saturated heterocycles. The van der Waals surface area contributed by atoms with Gasteiger partial charge >= 0.3 is 5.97 Å². The largest absolute Gasteiger partial charge is 0.508 e. The Morgan fingerprint density at radius 2 is 2.05 bits per heavy atom. The molecule has 0 fully saturated rings. The van der Waals surface area contributed by atoms with Crippen molar-refractivity contribution in [3.63, 3.8) is 0 Å². The first-order valence-electron chi connectivity index (χ1n) is 6.32. The van der Waals surface area contributed by atoms with Crippen molar-refractivity contribution < 1.29 is 19.8 Å². The van der Waals surface area contributed by atoms with Crippen LogP contribution in [0.1, 0.15) is 43.5 Å². The number of benzene rings is 1. The molecule has 3 N–H and O–H groups in total. The van der Waals surface area contributed by atoms with E-state index in [2.05, 4.69) is 5.32 Å². The van der Waals surface area contributed by atoms with E-state index in [1.807, 2.05) is 13.8 Å². The molecule has 1 rings (SSSR count). The number of rotatable bonds is 6. The zero-order valence-electron chi connectivity index (χ0n) is 11.1. The van der Waals surface area contributed by atoms with Crippen molar-refractivity contribution in [2.24, 2.45) is 5.92 Å². The molecule has 1 atom stereocenters. The van der Waals surface area contributed by atoms with E-state index in [-0.39, 0.29) is 28.8 Å². The second-order valence-corrected chi connectivity index (χ2v) is 4.57. The molecule has 0 radical (unpaired) electrons. The fraction of sp³-hybridized carbons (Fsp3) is 0.429. The van der Waals surface area contributed by atoms with Gasteiger partial charge in [0.2, 0.25) is 5.91 Å². The topological polar surface area (TPSA) is 86.6 Å². The minimum absolute atomic E-state index is 0.115. The van der Waals surface area contributed by atoms with E-state index >= 15 is 0 Å². The first-order valence-corrected chi connectivity index (χ1v) is 6.32. The van der Waals surface area contributed by atoms with E-state index in [1.54, 1.807) is 0 Å². The number of aromatic carboxylic acids is 1. The number of phenolic OH excluding ortho intramolecular Hbond substituents is 1. The zero-order chi connectivity index (χ0) is 14.4. The molecule has 0 aliphatic heterocycles. The number of nitrogens with one attached hydrogen (secondary N) is 1. The first-order chi connectivity index (χ1) is 8.95. The van der Waals surface area contributed by atoms with Crippen LogP contribution < -0.4 is 5.32 Å². The van der Waals surface area contributed by atoms with Gasteiger partial charge in [0, 0.05) is 5.92 Å². The Kier molecular flexibility index (Phi) is 5.36. The Labute approximate surface area is 112 Å². The second kappa shape index (κ2) is 6.78. The van der Waals surface area contributed by atoms with Gasteiger partial charge in [0.15, 0.2) is 0 Å². The summed E-state index contributed by atoms with van der Waals surface area (Å²) in [5, 5.41) is 20.9. The summed E-state index contributed by atoms with van der Waals surface area (Å²) in [5.74, 6) is -1.71. The van der Waals surface area contributed by atoms with Crippen LogP contribution in [0.5, 0.6) is 5.75 Å². The molecule has 0 spiro atoms. The molecule has 0 saturated carbocycles. The minimum Gasteiger partial charge on any atom is -0.508 e. The Morgan fingerprint density at radius 1 is 1.37 bits per heavy atom. The van der Waals surface area contributed by atoms with E-state index in [0.717, 1.165) is 25.3 Å². The third kappa shape index (κ3) is 4.28. The van der Waals surface area contributed by atoms with Crippen LogP contribution in [0.4, 0.5) is 5.69 Å². The van der Waals surface area contributed by atoms with Gasteiger partial charge in [0.05, 0.1) is 11.3 Å². The molecule has 0 aromatic heterocycles. The van der Waals surface area contributed by atoms with Crippen LogP contribution in [0.2, 0.25) is 0 Å². The van der Waals surface area contributed by atoms with E-state index in [9.17, 15) is 14.7 Å². The quantitative estimate of drug-likeness (QED) is 0.690. The SMILES string of the molecule is CCCCC(C)C(=O)Nc1ccc(O)cc1C(=O)O. The summed E-state index contributed by atoms with van der Waals surface area (Å²) in [6.45, 7) is 3.86. The number of phenols is 1. The van der Waals surface area contributed by atoms with Crippen molar-refractivity contribution in [1.29, 1.82) is 0 Å². The van der Waals surface area contributed by atoms with Gasteiger partial charge in [-0.2, -0.15) is 0 Å². The minimum atomic E-state index is -1.19. The molecule has 19 heavy (non-hydrogen) atoms. The summed E-state index contributed by atoms with van der Waals surface area (Å²) in [6, 6.07) is 3.86. The molecule has 0 aliphatic carbocycles. The molecule has 1 aromatic rings. The van der Waals surface area contributed by atoms with Crippen molar-refractivity contribution in [1.82, 2.24) is 0 Å². The third-order valence-electron chi connectivity index (χ3n) is 2.93. The fourth-order valence-corrected chi connectivity index (χ4v) is 1.72. The summed E-state index contributed by atoms with van der Waals surface area (Å²) in [7, 11) is 0. The van der Waals surface area contributed by atoms with Gasteiger partial charge in [-0.3, -0.25) is 4.79 Å². The van der Waals surface area contributed by atoms with E-state index in [4.69, 9.17) is 5.11 Å². The van der Waals surface area contributed by atoms with E-state index in [0.29, 0.717) is 0 Å². The van der Waals surface area contributed by atoms with E-state index in [1.165, 1.54) is 12.1 Å². The molecule has 1 aromatic carbocycles. The van der Waals surface area contributed by atoms with Crippen molar-refractivity contribution in [3.8, 4) is 5.75 Å². The number of carboxylic acids is 1. The second-order valence-electron chi connectivity index (χ2n) is 4.57. The van der Waals surface area contributed by atoms with Crippen molar-refractivity contribution in [2.45, 2.75) is 33.1 Å². The zero-order valence-corrected chi connectivity index (χ0v) is 11.1. The summed E-state index contributed by atoms with van der Waals surface area (Å²) >= 11 is 0. The van der Waals surface area contributed by atoms with Crippen LogP contribution in [-0.4, -0.2) is 22.1 Å². The van der Waals surface area contributed by atoms with Crippen LogP contribution >= 0.6 is 0 Å². The van der Waals surface area contributed by atoms with Gasteiger partial charge in [-0.25, -0.2) is 4.79 Å². The summed E-state index contributed by atoms with van der Waals surface area (Å²) in [5.41, 5.74) is 0.0923. The maximum atomic E-state index is 11.9. The number of carbonyl (C=O) groups is 2. The summed E-state index contributed by atoms with van der Waals surface area (Å²) < 4.78 is 0. The highest BCUT2D eigenvalue weighted by molar-refractivity contribution is 6.01.